The molecule has 0 spiro atoms. The third kappa shape index (κ3) is 4.02. The van der Waals surface area contributed by atoms with E-state index in [0.29, 0.717) is 24.1 Å². The second kappa shape index (κ2) is 8.54. The SMILES string of the molecule is CCC1Oc2cc(F)c(OC3CN(C(=O)N4N=CC[C@H]4c4cc(F)cc(F)c4)C3)cc2NC1=O. The average Bonchev–Trinajstić information content (AvgIpc) is 3.25. The lowest BCUT2D eigenvalue weighted by molar-refractivity contribution is -0.123. The van der Waals surface area contributed by atoms with E-state index in [1.807, 2.05) is 0 Å². The highest BCUT2D eigenvalue weighted by Gasteiger charge is 2.39. The van der Waals surface area contributed by atoms with E-state index in [0.717, 1.165) is 12.1 Å². The molecule has 3 amide bonds. The number of rotatable bonds is 4. The van der Waals surface area contributed by atoms with Crippen molar-refractivity contribution in [2.45, 2.75) is 38.0 Å². The lowest BCUT2D eigenvalue weighted by atomic mass is 10.0. The molecule has 0 aromatic heterocycles. The van der Waals surface area contributed by atoms with Crippen molar-refractivity contribution in [1.29, 1.82) is 0 Å². The van der Waals surface area contributed by atoms with E-state index in [-0.39, 0.29) is 30.5 Å². The van der Waals surface area contributed by atoms with Crippen LogP contribution in [0.1, 0.15) is 31.4 Å². The summed E-state index contributed by atoms with van der Waals surface area (Å²) < 4.78 is 53.0. The molecule has 8 nitrogen and oxygen atoms in total. The highest BCUT2D eigenvalue weighted by Crippen LogP contribution is 2.37. The molecular weight excluding hydrogens is 453 g/mol. The fraction of sp³-hybridized carbons (Fsp3) is 0.348. The summed E-state index contributed by atoms with van der Waals surface area (Å²) in [6.07, 6.45) is 1.14. The number of halogens is 3. The number of likely N-dealkylation sites (tertiary alicyclic amines) is 1. The maximum atomic E-state index is 14.5. The minimum atomic E-state index is -0.731. The first-order valence-corrected chi connectivity index (χ1v) is 10.9. The van der Waals surface area contributed by atoms with Crippen LogP contribution in [0, 0.1) is 17.5 Å². The minimum Gasteiger partial charge on any atom is -0.484 e. The molecule has 1 fully saturated rings. The van der Waals surface area contributed by atoms with Gasteiger partial charge in [-0.1, -0.05) is 6.92 Å². The fourth-order valence-electron chi connectivity index (χ4n) is 4.15. The molecule has 2 atom stereocenters. The van der Waals surface area contributed by atoms with Gasteiger partial charge in [0.25, 0.3) is 5.91 Å². The number of urea groups is 1. The van der Waals surface area contributed by atoms with Crippen LogP contribution in [0.2, 0.25) is 0 Å². The zero-order valence-corrected chi connectivity index (χ0v) is 18.1. The van der Waals surface area contributed by atoms with Gasteiger partial charge < -0.3 is 19.7 Å². The smallest absolute Gasteiger partial charge is 0.341 e. The van der Waals surface area contributed by atoms with Crippen LogP contribution in [0.3, 0.4) is 0 Å². The van der Waals surface area contributed by atoms with Crippen molar-refractivity contribution in [2.24, 2.45) is 5.10 Å². The van der Waals surface area contributed by atoms with Crippen LogP contribution in [0.4, 0.5) is 23.7 Å². The Kier molecular flexibility index (Phi) is 5.54. The van der Waals surface area contributed by atoms with E-state index >= 15 is 0 Å². The Morgan fingerprint density at radius 2 is 1.91 bits per heavy atom. The van der Waals surface area contributed by atoms with E-state index in [2.05, 4.69) is 10.4 Å². The first-order chi connectivity index (χ1) is 16.3. The molecule has 1 unspecified atom stereocenters. The van der Waals surface area contributed by atoms with Crippen molar-refractivity contribution in [3.05, 3.63) is 53.3 Å². The number of fused-ring (bicyclic) bond motifs is 1. The van der Waals surface area contributed by atoms with Crippen molar-refractivity contribution < 1.29 is 32.2 Å². The summed E-state index contributed by atoms with van der Waals surface area (Å²) >= 11 is 0. The molecule has 178 valence electrons. The number of ether oxygens (including phenoxy) is 2. The first-order valence-electron chi connectivity index (χ1n) is 10.9. The van der Waals surface area contributed by atoms with Gasteiger partial charge in [-0.2, -0.15) is 5.10 Å². The number of amides is 3. The zero-order chi connectivity index (χ0) is 24.0. The monoisotopic (exact) mass is 474 g/mol. The van der Waals surface area contributed by atoms with Gasteiger partial charge in [-0.25, -0.2) is 23.0 Å². The predicted molar refractivity (Wildman–Crippen MR) is 115 cm³/mol. The van der Waals surface area contributed by atoms with Gasteiger partial charge >= 0.3 is 6.03 Å². The van der Waals surface area contributed by atoms with Crippen LogP contribution in [0.5, 0.6) is 11.5 Å². The summed E-state index contributed by atoms with van der Waals surface area (Å²) in [5.74, 6) is -2.26. The van der Waals surface area contributed by atoms with Crippen LogP contribution in [0.15, 0.2) is 35.4 Å². The molecule has 0 bridgehead atoms. The van der Waals surface area contributed by atoms with Gasteiger partial charge in [0.15, 0.2) is 17.7 Å². The maximum Gasteiger partial charge on any atom is 0.341 e. The Bertz CT molecular complexity index is 1160. The number of hydrogen-bond acceptors (Lipinski definition) is 5. The molecule has 0 aliphatic carbocycles. The molecule has 1 N–H and O–H groups in total. The number of hydrogen-bond donors (Lipinski definition) is 1. The van der Waals surface area contributed by atoms with Gasteiger partial charge in [0, 0.05) is 30.8 Å². The number of carbonyl (C=O) groups excluding carboxylic acids is 2. The fourth-order valence-corrected chi connectivity index (χ4v) is 4.15. The van der Waals surface area contributed by atoms with E-state index in [9.17, 15) is 22.8 Å². The zero-order valence-electron chi connectivity index (χ0n) is 18.1. The molecule has 2 aromatic rings. The Hall–Kier alpha value is -3.76. The van der Waals surface area contributed by atoms with Crippen LogP contribution in [0.25, 0.3) is 0 Å². The number of nitrogens with zero attached hydrogens (tertiary/aromatic N) is 3. The molecule has 3 aliphatic rings. The summed E-state index contributed by atoms with van der Waals surface area (Å²) in [7, 11) is 0. The third-order valence-electron chi connectivity index (χ3n) is 5.93. The van der Waals surface area contributed by atoms with E-state index < -0.39 is 41.7 Å². The van der Waals surface area contributed by atoms with E-state index in [1.54, 1.807) is 6.92 Å². The van der Waals surface area contributed by atoms with Crippen molar-refractivity contribution in [3.8, 4) is 11.5 Å². The summed E-state index contributed by atoms with van der Waals surface area (Å²) in [4.78, 5) is 26.3. The van der Waals surface area contributed by atoms with Gasteiger partial charge in [0.1, 0.15) is 23.5 Å². The van der Waals surface area contributed by atoms with Crippen molar-refractivity contribution in [3.63, 3.8) is 0 Å². The van der Waals surface area contributed by atoms with Crippen LogP contribution >= 0.6 is 0 Å². The Morgan fingerprint density at radius 1 is 1.18 bits per heavy atom. The highest BCUT2D eigenvalue weighted by atomic mass is 19.1. The standard InChI is InChI=1S/C23H21F3N4O4/c1-2-19-22(31)28-17-9-20(16(26)8-21(17)34-19)33-15-10-29(11-15)23(32)30-18(3-4-27-30)12-5-13(24)7-14(25)6-12/h4-9,15,18-19H,2-3,10-11H2,1H3,(H,28,31)/t18-,19?/m0/s1. The molecular formula is C23H21F3N4O4. The molecule has 1 saturated heterocycles. The molecule has 3 aliphatic heterocycles. The molecule has 0 saturated carbocycles. The lowest BCUT2D eigenvalue weighted by Gasteiger charge is -2.41. The molecule has 34 heavy (non-hydrogen) atoms. The van der Waals surface area contributed by atoms with Crippen LogP contribution in [-0.4, -0.2) is 53.4 Å². The normalized spacial score (nSPS) is 21.6. The maximum absolute atomic E-state index is 14.5. The van der Waals surface area contributed by atoms with E-state index in [4.69, 9.17) is 9.47 Å². The number of hydrazone groups is 1. The Labute approximate surface area is 192 Å². The Balaban J connectivity index is 1.22. The van der Waals surface area contributed by atoms with Gasteiger partial charge in [0.2, 0.25) is 0 Å². The quantitative estimate of drug-likeness (QED) is 0.730. The van der Waals surface area contributed by atoms with Gasteiger partial charge in [-0.3, -0.25) is 4.79 Å². The molecule has 11 heteroatoms. The topological polar surface area (TPSA) is 83.5 Å². The highest BCUT2D eigenvalue weighted by molar-refractivity contribution is 5.98. The number of carbonyl (C=O) groups is 2. The molecule has 0 radical (unpaired) electrons. The van der Waals surface area contributed by atoms with Crippen molar-refractivity contribution in [1.82, 2.24) is 9.91 Å². The molecule has 3 heterocycles. The summed E-state index contributed by atoms with van der Waals surface area (Å²) in [5, 5.41) is 7.93. The van der Waals surface area contributed by atoms with Gasteiger partial charge in [0.05, 0.1) is 24.8 Å². The van der Waals surface area contributed by atoms with Crippen LogP contribution in [-0.2, 0) is 4.79 Å². The molecule has 2 aromatic carbocycles. The first kappa shape index (κ1) is 22.1. The number of anilines is 1. The van der Waals surface area contributed by atoms with Crippen molar-refractivity contribution in [2.75, 3.05) is 18.4 Å². The van der Waals surface area contributed by atoms with Gasteiger partial charge in [-0.15, -0.1) is 0 Å². The summed E-state index contributed by atoms with van der Waals surface area (Å²) in [5.41, 5.74) is 0.623. The largest absolute Gasteiger partial charge is 0.484 e. The number of benzene rings is 2. The summed E-state index contributed by atoms with van der Waals surface area (Å²) in [6, 6.07) is 4.58. The second-order valence-electron chi connectivity index (χ2n) is 8.31. The Morgan fingerprint density at radius 3 is 2.62 bits per heavy atom. The van der Waals surface area contributed by atoms with Gasteiger partial charge in [-0.05, 0) is 24.1 Å². The summed E-state index contributed by atoms with van der Waals surface area (Å²) in [6.45, 7) is 2.14. The second-order valence-corrected chi connectivity index (χ2v) is 8.31. The number of nitrogens with one attached hydrogen (secondary N) is 1. The molecule has 5 rings (SSSR count). The van der Waals surface area contributed by atoms with Crippen LogP contribution < -0.4 is 14.8 Å². The third-order valence-corrected chi connectivity index (χ3v) is 5.93. The lowest BCUT2D eigenvalue weighted by Crippen LogP contribution is -2.58. The van der Waals surface area contributed by atoms with Crippen molar-refractivity contribution >= 4 is 23.8 Å². The van der Waals surface area contributed by atoms with E-state index in [1.165, 1.54) is 34.3 Å². The average molecular weight is 474 g/mol. The minimum absolute atomic E-state index is 0.0676. The predicted octanol–water partition coefficient (Wildman–Crippen LogP) is 3.83.